The molecule has 0 amide bonds. The number of piperidine rings is 1. The van der Waals surface area contributed by atoms with Gasteiger partial charge in [0.05, 0.1) is 7.11 Å². The van der Waals surface area contributed by atoms with E-state index in [0.29, 0.717) is 0 Å². The molecule has 0 radical (unpaired) electrons. The summed E-state index contributed by atoms with van der Waals surface area (Å²) < 4.78 is 5.35. The monoisotopic (exact) mass is 247 g/mol. The molecule has 1 saturated heterocycles. The number of aryl methyl sites for hydroxylation is 1. The topological polar surface area (TPSA) is 21.3 Å². The summed E-state index contributed by atoms with van der Waals surface area (Å²) in [6, 6.07) is 6.63. The summed E-state index contributed by atoms with van der Waals surface area (Å²) in [5.41, 5.74) is 2.92. The zero-order chi connectivity index (χ0) is 13.2. The van der Waals surface area contributed by atoms with Gasteiger partial charge in [-0.25, -0.2) is 0 Å². The van der Waals surface area contributed by atoms with Crippen LogP contribution in [0.4, 0.5) is 0 Å². The molecular weight excluding hydrogens is 222 g/mol. The predicted molar refractivity (Wildman–Crippen MR) is 76.4 cm³/mol. The Morgan fingerprint density at radius 3 is 2.44 bits per heavy atom. The van der Waals surface area contributed by atoms with Crippen molar-refractivity contribution in [3.63, 3.8) is 0 Å². The summed E-state index contributed by atoms with van der Waals surface area (Å²) >= 11 is 0. The van der Waals surface area contributed by atoms with Crippen LogP contribution in [0.3, 0.4) is 0 Å². The molecule has 0 atom stereocenters. The van der Waals surface area contributed by atoms with Crippen molar-refractivity contribution >= 4 is 0 Å². The van der Waals surface area contributed by atoms with Gasteiger partial charge in [0.1, 0.15) is 5.75 Å². The highest BCUT2D eigenvalue weighted by molar-refractivity contribution is 5.39. The lowest BCUT2D eigenvalue weighted by molar-refractivity contribution is 0.246. The molecule has 1 aliphatic heterocycles. The number of rotatable bonds is 3. The first-order valence-electron chi connectivity index (χ1n) is 6.91. The lowest BCUT2D eigenvalue weighted by Crippen LogP contribution is -2.38. The van der Waals surface area contributed by atoms with Crippen molar-refractivity contribution in [3.05, 3.63) is 29.3 Å². The minimum absolute atomic E-state index is 0.249. The van der Waals surface area contributed by atoms with E-state index < -0.39 is 0 Å². The van der Waals surface area contributed by atoms with Crippen LogP contribution in [0.1, 0.15) is 37.8 Å². The minimum Gasteiger partial charge on any atom is -0.496 e. The molecule has 1 aromatic carbocycles. The first-order chi connectivity index (χ1) is 8.55. The molecule has 2 nitrogen and oxygen atoms in total. The number of ether oxygens (including phenoxy) is 1. The summed E-state index contributed by atoms with van der Waals surface area (Å²) in [4.78, 5) is 0. The molecule has 1 fully saturated rings. The van der Waals surface area contributed by atoms with Crippen molar-refractivity contribution in [2.75, 3.05) is 20.2 Å². The van der Waals surface area contributed by atoms with Gasteiger partial charge >= 0.3 is 0 Å². The fraction of sp³-hybridized carbons (Fsp3) is 0.625. The standard InChI is InChI=1S/C16H25NO/c1-12-11-14(5-6-15(12)18-4)16(2,3)13-7-9-17-10-8-13/h5-6,11,13,17H,7-10H2,1-4H3. The zero-order valence-corrected chi connectivity index (χ0v) is 12.0. The Balaban J connectivity index is 2.25. The van der Waals surface area contributed by atoms with Gasteiger partial charge in [0.2, 0.25) is 0 Å². The number of benzene rings is 1. The molecule has 1 aromatic rings. The lowest BCUT2D eigenvalue weighted by Gasteiger charge is -2.38. The molecule has 0 aliphatic carbocycles. The van der Waals surface area contributed by atoms with Crippen molar-refractivity contribution in [1.82, 2.24) is 5.32 Å². The van der Waals surface area contributed by atoms with Gasteiger partial charge in [0, 0.05) is 0 Å². The normalized spacial score (nSPS) is 17.8. The molecule has 0 spiro atoms. The molecule has 0 bridgehead atoms. The van der Waals surface area contributed by atoms with Crippen LogP contribution in [0.25, 0.3) is 0 Å². The van der Waals surface area contributed by atoms with Gasteiger partial charge in [-0.2, -0.15) is 0 Å². The maximum absolute atomic E-state index is 5.35. The Hall–Kier alpha value is -1.02. The third-order valence-corrected chi connectivity index (χ3v) is 4.50. The molecule has 0 unspecified atom stereocenters. The van der Waals surface area contributed by atoms with Crippen LogP contribution in [-0.2, 0) is 5.41 Å². The largest absolute Gasteiger partial charge is 0.496 e. The van der Waals surface area contributed by atoms with E-state index in [1.54, 1.807) is 7.11 Å². The van der Waals surface area contributed by atoms with E-state index in [0.717, 1.165) is 24.8 Å². The van der Waals surface area contributed by atoms with Gasteiger partial charge < -0.3 is 10.1 Å². The number of hydrogen-bond donors (Lipinski definition) is 1. The Bertz CT molecular complexity index is 406. The molecule has 1 aliphatic rings. The average Bonchev–Trinajstić information content (AvgIpc) is 2.39. The second-order valence-electron chi connectivity index (χ2n) is 5.93. The Kier molecular flexibility index (Phi) is 3.96. The second kappa shape index (κ2) is 5.31. The maximum atomic E-state index is 5.35. The minimum atomic E-state index is 0.249. The Labute approximate surface area is 111 Å². The molecular formula is C16H25NO. The molecule has 18 heavy (non-hydrogen) atoms. The summed E-state index contributed by atoms with van der Waals surface area (Å²) in [6.07, 6.45) is 2.55. The van der Waals surface area contributed by atoms with Crippen LogP contribution in [-0.4, -0.2) is 20.2 Å². The van der Waals surface area contributed by atoms with E-state index in [-0.39, 0.29) is 5.41 Å². The van der Waals surface area contributed by atoms with Crippen molar-refractivity contribution in [2.45, 2.75) is 39.0 Å². The van der Waals surface area contributed by atoms with Gasteiger partial charge in [0.15, 0.2) is 0 Å². The summed E-state index contributed by atoms with van der Waals surface area (Å²) in [7, 11) is 1.74. The van der Waals surface area contributed by atoms with E-state index in [1.807, 2.05) is 0 Å². The lowest BCUT2D eigenvalue weighted by atomic mass is 9.69. The molecule has 100 valence electrons. The van der Waals surface area contributed by atoms with E-state index in [9.17, 15) is 0 Å². The first-order valence-corrected chi connectivity index (χ1v) is 6.91. The second-order valence-corrected chi connectivity index (χ2v) is 5.93. The predicted octanol–water partition coefficient (Wildman–Crippen LogP) is 3.28. The SMILES string of the molecule is COc1ccc(C(C)(C)C2CCNCC2)cc1C. The summed E-state index contributed by atoms with van der Waals surface area (Å²) in [5, 5.41) is 3.45. The van der Waals surface area contributed by atoms with E-state index in [1.165, 1.54) is 24.0 Å². The summed E-state index contributed by atoms with van der Waals surface area (Å²) in [5.74, 6) is 1.76. The third-order valence-electron chi connectivity index (χ3n) is 4.50. The fourth-order valence-electron chi connectivity index (χ4n) is 3.06. The van der Waals surface area contributed by atoms with Crippen molar-refractivity contribution in [3.8, 4) is 5.75 Å². The van der Waals surface area contributed by atoms with E-state index in [2.05, 4.69) is 44.3 Å². The van der Waals surface area contributed by atoms with E-state index >= 15 is 0 Å². The highest BCUT2D eigenvalue weighted by Crippen LogP contribution is 2.38. The van der Waals surface area contributed by atoms with Gasteiger partial charge in [-0.05, 0) is 61.4 Å². The zero-order valence-electron chi connectivity index (χ0n) is 12.0. The molecule has 1 heterocycles. The van der Waals surface area contributed by atoms with Gasteiger partial charge in [-0.15, -0.1) is 0 Å². The Morgan fingerprint density at radius 2 is 1.89 bits per heavy atom. The van der Waals surface area contributed by atoms with Crippen LogP contribution in [0.2, 0.25) is 0 Å². The highest BCUT2D eigenvalue weighted by Gasteiger charge is 2.32. The molecule has 0 saturated carbocycles. The first kappa shape index (κ1) is 13.4. The van der Waals surface area contributed by atoms with Gasteiger partial charge in [0.25, 0.3) is 0 Å². The number of methoxy groups -OCH3 is 1. The molecule has 2 rings (SSSR count). The van der Waals surface area contributed by atoms with Crippen molar-refractivity contribution in [1.29, 1.82) is 0 Å². The Morgan fingerprint density at radius 1 is 1.22 bits per heavy atom. The smallest absolute Gasteiger partial charge is 0.121 e. The number of nitrogens with one attached hydrogen (secondary N) is 1. The van der Waals surface area contributed by atoms with Gasteiger partial charge in [-0.1, -0.05) is 26.0 Å². The highest BCUT2D eigenvalue weighted by atomic mass is 16.5. The number of hydrogen-bond acceptors (Lipinski definition) is 2. The van der Waals surface area contributed by atoms with Crippen LogP contribution in [0.5, 0.6) is 5.75 Å². The third kappa shape index (κ3) is 2.54. The van der Waals surface area contributed by atoms with Crippen LogP contribution in [0, 0.1) is 12.8 Å². The van der Waals surface area contributed by atoms with Crippen molar-refractivity contribution in [2.24, 2.45) is 5.92 Å². The van der Waals surface area contributed by atoms with Crippen LogP contribution < -0.4 is 10.1 Å². The summed E-state index contributed by atoms with van der Waals surface area (Å²) in [6.45, 7) is 9.20. The molecule has 1 N–H and O–H groups in total. The van der Waals surface area contributed by atoms with Crippen LogP contribution in [0.15, 0.2) is 18.2 Å². The quantitative estimate of drug-likeness (QED) is 0.885. The average molecular weight is 247 g/mol. The van der Waals surface area contributed by atoms with E-state index in [4.69, 9.17) is 4.74 Å². The van der Waals surface area contributed by atoms with Gasteiger partial charge in [-0.3, -0.25) is 0 Å². The van der Waals surface area contributed by atoms with Crippen LogP contribution >= 0.6 is 0 Å². The maximum Gasteiger partial charge on any atom is 0.121 e. The fourth-order valence-corrected chi connectivity index (χ4v) is 3.06. The molecule has 0 aromatic heterocycles. The van der Waals surface area contributed by atoms with Crippen molar-refractivity contribution < 1.29 is 4.74 Å². The molecule has 2 heteroatoms.